The summed E-state index contributed by atoms with van der Waals surface area (Å²) in [6, 6.07) is 16.4. The zero-order chi connectivity index (χ0) is 18.7. The minimum Gasteiger partial charge on any atom is -0.382 e. The molecule has 4 rings (SSSR count). The summed E-state index contributed by atoms with van der Waals surface area (Å²) in [7, 11) is 1.91. The maximum atomic E-state index is 6.18. The van der Waals surface area contributed by atoms with E-state index in [1.807, 2.05) is 43.8 Å². The maximum Gasteiger partial charge on any atom is 0.150 e. The minimum atomic E-state index is 0.517. The van der Waals surface area contributed by atoms with Gasteiger partial charge in [0.15, 0.2) is 0 Å². The Hall–Kier alpha value is -2.92. The van der Waals surface area contributed by atoms with Crippen molar-refractivity contribution >= 4 is 27.6 Å². The van der Waals surface area contributed by atoms with Crippen molar-refractivity contribution in [2.75, 3.05) is 5.73 Å². The van der Waals surface area contributed by atoms with Crippen LogP contribution in [-0.2, 0) is 20.0 Å². The first-order valence-corrected chi connectivity index (χ1v) is 8.95. The van der Waals surface area contributed by atoms with E-state index < -0.39 is 0 Å². The van der Waals surface area contributed by atoms with Gasteiger partial charge in [-0.1, -0.05) is 56.3 Å². The van der Waals surface area contributed by atoms with Gasteiger partial charge in [0.05, 0.1) is 11.2 Å². The number of rotatable bonds is 3. The number of para-hydroxylation sites is 1. The Labute approximate surface area is 153 Å². The largest absolute Gasteiger partial charge is 0.382 e. The van der Waals surface area contributed by atoms with Gasteiger partial charge in [-0.2, -0.15) is 5.10 Å². The summed E-state index contributed by atoms with van der Waals surface area (Å²) in [4.78, 5) is 4.51. The van der Waals surface area contributed by atoms with E-state index in [2.05, 4.69) is 35.3 Å². The van der Waals surface area contributed by atoms with Gasteiger partial charge in [0.2, 0.25) is 0 Å². The molecule has 134 valence electrons. The van der Waals surface area contributed by atoms with Crippen LogP contribution in [0.1, 0.15) is 30.7 Å². The summed E-state index contributed by atoms with van der Waals surface area (Å²) in [5.74, 6) is 0.517. The second kappa shape index (κ2) is 7.54. The molecule has 26 heavy (non-hydrogen) atoms. The maximum absolute atomic E-state index is 6.18. The van der Waals surface area contributed by atoms with Gasteiger partial charge in [-0.25, -0.2) is 4.98 Å². The van der Waals surface area contributed by atoms with Gasteiger partial charge in [0.1, 0.15) is 11.3 Å². The molecule has 0 amide bonds. The highest BCUT2D eigenvalue weighted by atomic mass is 15.3. The standard InChI is InChI=1S/C19H19N5.C2H6/c1-24-18-17(14-4-2-3-5-15(14)22-19(18)21)16(23-24)10-12-6-8-13(11-20)9-7-12;1-2/h2-9H,10-11,20H2,1H3,(H2,21,22);1-2H3. The highest BCUT2D eigenvalue weighted by Crippen LogP contribution is 2.31. The van der Waals surface area contributed by atoms with Crippen molar-refractivity contribution in [3.05, 3.63) is 65.4 Å². The zero-order valence-corrected chi connectivity index (χ0v) is 15.5. The molecule has 0 aliphatic carbocycles. The number of aryl methyl sites for hydroxylation is 1. The fourth-order valence-electron chi connectivity index (χ4n) is 3.23. The van der Waals surface area contributed by atoms with Crippen LogP contribution in [0.5, 0.6) is 0 Å². The molecule has 0 radical (unpaired) electrons. The molecule has 2 heterocycles. The lowest BCUT2D eigenvalue weighted by molar-refractivity contribution is 0.774. The van der Waals surface area contributed by atoms with Crippen LogP contribution in [0.15, 0.2) is 48.5 Å². The molecular weight excluding hydrogens is 322 g/mol. The normalized spacial score (nSPS) is 10.8. The van der Waals surface area contributed by atoms with Crippen molar-refractivity contribution in [2.24, 2.45) is 12.8 Å². The summed E-state index contributed by atoms with van der Waals surface area (Å²) < 4.78 is 1.83. The van der Waals surface area contributed by atoms with E-state index in [1.54, 1.807) is 0 Å². The van der Waals surface area contributed by atoms with Crippen LogP contribution in [0, 0.1) is 0 Å². The van der Waals surface area contributed by atoms with Gasteiger partial charge >= 0.3 is 0 Å². The predicted octanol–water partition coefficient (Wildman–Crippen LogP) is 3.78. The van der Waals surface area contributed by atoms with Gasteiger partial charge in [-0.15, -0.1) is 0 Å². The highest BCUT2D eigenvalue weighted by molar-refractivity contribution is 6.09. The zero-order valence-electron chi connectivity index (χ0n) is 15.5. The van der Waals surface area contributed by atoms with Gasteiger partial charge < -0.3 is 11.5 Å². The molecule has 2 aromatic heterocycles. The number of nitrogens with zero attached hydrogens (tertiary/aromatic N) is 3. The van der Waals surface area contributed by atoms with Crippen molar-refractivity contribution < 1.29 is 0 Å². The molecule has 0 unspecified atom stereocenters. The third-order valence-corrected chi connectivity index (χ3v) is 4.41. The number of nitrogen functional groups attached to an aromatic ring is 1. The number of anilines is 1. The summed E-state index contributed by atoms with van der Waals surface area (Å²) >= 11 is 0. The number of hydrogen-bond acceptors (Lipinski definition) is 4. The van der Waals surface area contributed by atoms with Crippen molar-refractivity contribution in [1.29, 1.82) is 0 Å². The Bertz CT molecular complexity index is 1030. The van der Waals surface area contributed by atoms with Crippen LogP contribution in [0.25, 0.3) is 21.8 Å². The Kier molecular flexibility index (Phi) is 5.19. The monoisotopic (exact) mass is 347 g/mol. The molecule has 5 heteroatoms. The fourth-order valence-corrected chi connectivity index (χ4v) is 3.23. The topological polar surface area (TPSA) is 82.8 Å². The van der Waals surface area contributed by atoms with E-state index in [9.17, 15) is 0 Å². The van der Waals surface area contributed by atoms with Crippen LogP contribution in [0.3, 0.4) is 0 Å². The van der Waals surface area contributed by atoms with Crippen molar-refractivity contribution in [3.8, 4) is 0 Å². The van der Waals surface area contributed by atoms with Gasteiger partial charge in [0, 0.05) is 30.8 Å². The molecule has 0 aliphatic heterocycles. The van der Waals surface area contributed by atoms with E-state index in [4.69, 9.17) is 16.6 Å². The van der Waals surface area contributed by atoms with Crippen LogP contribution >= 0.6 is 0 Å². The Balaban J connectivity index is 0.000000948. The number of pyridine rings is 1. The molecule has 0 saturated carbocycles. The van der Waals surface area contributed by atoms with E-state index in [1.165, 1.54) is 5.56 Å². The first-order chi connectivity index (χ1) is 12.7. The molecule has 2 aromatic carbocycles. The van der Waals surface area contributed by atoms with Crippen molar-refractivity contribution in [1.82, 2.24) is 14.8 Å². The average molecular weight is 347 g/mol. The molecule has 0 spiro atoms. The third-order valence-electron chi connectivity index (χ3n) is 4.41. The van der Waals surface area contributed by atoms with E-state index in [-0.39, 0.29) is 0 Å². The lowest BCUT2D eigenvalue weighted by Gasteiger charge is -2.05. The van der Waals surface area contributed by atoms with Gasteiger partial charge in [0.25, 0.3) is 0 Å². The molecule has 0 saturated heterocycles. The average Bonchev–Trinajstić information content (AvgIpc) is 3.01. The van der Waals surface area contributed by atoms with E-state index in [0.29, 0.717) is 12.4 Å². The summed E-state index contributed by atoms with van der Waals surface area (Å²) in [6.07, 6.45) is 0.746. The molecule has 0 bridgehead atoms. The SMILES string of the molecule is CC.Cn1nc(Cc2ccc(CN)cc2)c2c3ccccc3nc(N)c21. The number of benzene rings is 2. The number of hydrogen-bond donors (Lipinski definition) is 2. The number of fused-ring (bicyclic) bond motifs is 3. The molecular formula is C21H25N5. The third kappa shape index (κ3) is 3.13. The number of aromatic nitrogens is 3. The lowest BCUT2D eigenvalue weighted by atomic mass is 10.0. The Morgan fingerprint density at radius 2 is 1.62 bits per heavy atom. The second-order valence-electron chi connectivity index (χ2n) is 6.01. The quantitative estimate of drug-likeness (QED) is 0.591. The molecule has 0 atom stereocenters. The molecule has 0 aliphatic rings. The van der Waals surface area contributed by atoms with Gasteiger partial charge in [-0.3, -0.25) is 4.68 Å². The summed E-state index contributed by atoms with van der Waals surface area (Å²) in [5.41, 5.74) is 17.0. The smallest absolute Gasteiger partial charge is 0.150 e. The van der Waals surface area contributed by atoms with E-state index in [0.717, 1.165) is 39.5 Å². The van der Waals surface area contributed by atoms with Gasteiger partial charge in [-0.05, 0) is 17.2 Å². The highest BCUT2D eigenvalue weighted by Gasteiger charge is 2.16. The number of nitrogens with two attached hydrogens (primary N) is 2. The Morgan fingerprint density at radius 1 is 0.962 bits per heavy atom. The Morgan fingerprint density at radius 3 is 2.31 bits per heavy atom. The lowest BCUT2D eigenvalue weighted by Crippen LogP contribution is -1.97. The molecule has 5 nitrogen and oxygen atoms in total. The van der Waals surface area contributed by atoms with Crippen LogP contribution in [-0.4, -0.2) is 14.8 Å². The second-order valence-corrected chi connectivity index (χ2v) is 6.01. The van der Waals surface area contributed by atoms with E-state index >= 15 is 0 Å². The molecule has 0 fully saturated rings. The van der Waals surface area contributed by atoms with Crippen molar-refractivity contribution in [2.45, 2.75) is 26.8 Å². The van der Waals surface area contributed by atoms with Crippen LogP contribution in [0.4, 0.5) is 5.82 Å². The molecule has 4 aromatic rings. The van der Waals surface area contributed by atoms with Crippen LogP contribution in [0.2, 0.25) is 0 Å². The summed E-state index contributed by atoms with van der Waals surface area (Å²) in [6.45, 7) is 4.56. The fraction of sp³-hybridized carbons (Fsp3) is 0.238. The first kappa shape index (κ1) is 17.9. The first-order valence-electron chi connectivity index (χ1n) is 8.95. The summed E-state index contributed by atoms with van der Waals surface area (Å²) in [5, 5.41) is 6.88. The minimum absolute atomic E-state index is 0.517. The van der Waals surface area contributed by atoms with Crippen LogP contribution < -0.4 is 11.5 Å². The molecule has 4 N–H and O–H groups in total. The predicted molar refractivity (Wildman–Crippen MR) is 109 cm³/mol. The van der Waals surface area contributed by atoms with Crippen molar-refractivity contribution in [3.63, 3.8) is 0 Å².